The first-order valence-electron chi connectivity index (χ1n) is 8.78. The van der Waals surface area contributed by atoms with Gasteiger partial charge in [0, 0.05) is 18.1 Å². The molecule has 0 aliphatic carbocycles. The Balaban J connectivity index is 1.57. The first-order chi connectivity index (χ1) is 12.2. The van der Waals surface area contributed by atoms with Gasteiger partial charge in [-0.1, -0.05) is 5.16 Å². The highest BCUT2D eigenvalue weighted by atomic mass is 16.5. The van der Waals surface area contributed by atoms with Gasteiger partial charge < -0.3 is 14.0 Å². The maximum Gasteiger partial charge on any atom is 0.185 e. The van der Waals surface area contributed by atoms with Gasteiger partial charge in [0.05, 0.1) is 17.3 Å². The standard InChI is InChI=1S/C20H22N2O3/c1-13-9-19(20-10-14(2)22-25-20)21-18-7-6-15(11-17(13)18)24-12-16-5-3-4-8-23-16/h6-7,9-11,16H,3-5,8,12H2,1-2H3. The Kier molecular flexibility index (Phi) is 4.40. The van der Waals surface area contributed by atoms with E-state index in [0.717, 1.165) is 53.1 Å². The lowest BCUT2D eigenvalue weighted by Gasteiger charge is -2.22. The first kappa shape index (κ1) is 16.1. The Morgan fingerprint density at radius 1 is 1.16 bits per heavy atom. The molecule has 4 rings (SSSR count). The molecule has 3 heterocycles. The van der Waals surface area contributed by atoms with Crippen molar-refractivity contribution in [2.75, 3.05) is 13.2 Å². The minimum absolute atomic E-state index is 0.209. The summed E-state index contributed by atoms with van der Waals surface area (Å²) in [4.78, 5) is 4.70. The maximum absolute atomic E-state index is 5.95. The van der Waals surface area contributed by atoms with E-state index in [2.05, 4.69) is 18.1 Å². The van der Waals surface area contributed by atoms with Crippen LogP contribution in [0.1, 0.15) is 30.5 Å². The van der Waals surface area contributed by atoms with Crippen LogP contribution in [0.15, 0.2) is 34.9 Å². The Bertz CT molecular complexity index is 882. The van der Waals surface area contributed by atoms with Crippen LogP contribution in [-0.4, -0.2) is 29.5 Å². The SMILES string of the molecule is Cc1cc(-c2cc(C)c3cc(OCC4CCCCO4)ccc3n2)on1. The second-order valence-corrected chi connectivity index (χ2v) is 6.64. The minimum atomic E-state index is 0.209. The van der Waals surface area contributed by atoms with Gasteiger partial charge in [-0.05, 0) is 62.9 Å². The molecule has 1 aliphatic rings. The molecule has 1 aromatic carbocycles. The van der Waals surface area contributed by atoms with E-state index < -0.39 is 0 Å². The predicted octanol–water partition coefficient (Wildman–Crippen LogP) is 4.45. The molecular weight excluding hydrogens is 316 g/mol. The smallest absolute Gasteiger partial charge is 0.185 e. The van der Waals surface area contributed by atoms with E-state index in [1.807, 2.05) is 31.2 Å². The molecule has 0 saturated carbocycles. The quantitative estimate of drug-likeness (QED) is 0.703. The fraction of sp³-hybridized carbons (Fsp3) is 0.400. The summed E-state index contributed by atoms with van der Waals surface area (Å²) in [6.45, 7) is 5.43. The van der Waals surface area contributed by atoms with Crippen molar-refractivity contribution in [3.8, 4) is 17.2 Å². The first-order valence-corrected chi connectivity index (χ1v) is 8.78. The normalized spacial score (nSPS) is 17.8. The molecule has 0 N–H and O–H groups in total. The number of aromatic nitrogens is 2. The molecule has 1 aliphatic heterocycles. The van der Waals surface area contributed by atoms with Crippen LogP contribution in [0.2, 0.25) is 0 Å². The number of nitrogens with zero attached hydrogens (tertiary/aromatic N) is 2. The van der Waals surface area contributed by atoms with Crippen LogP contribution in [0.4, 0.5) is 0 Å². The third kappa shape index (κ3) is 3.51. The van der Waals surface area contributed by atoms with Crippen molar-refractivity contribution in [1.82, 2.24) is 10.1 Å². The molecule has 0 radical (unpaired) electrons. The van der Waals surface area contributed by atoms with Crippen LogP contribution >= 0.6 is 0 Å². The van der Waals surface area contributed by atoms with Crippen molar-refractivity contribution in [2.24, 2.45) is 0 Å². The molecule has 1 atom stereocenters. The summed E-state index contributed by atoms with van der Waals surface area (Å²) in [5.74, 6) is 1.55. The highest BCUT2D eigenvalue weighted by molar-refractivity contribution is 5.85. The average Bonchev–Trinajstić information content (AvgIpc) is 3.07. The number of aryl methyl sites for hydroxylation is 2. The number of hydrogen-bond donors (Lipinski definition) is 0. The molecule has 130 valence electrons. The summed E-state index contributed by atoms with van der Waals surface area (Å²) in [6.07, 6.45) is 3.66. The number of pyridine rings is 1. The monoisotopic (exact) mass is 338 g/mol. The van der Waals surface area contributed by atoms with E-state index >= 15 is 0 Å². The van der Waals surface area contributed by atoms with E-state index in [0.29, 0.717) is 12.4 Å². The van der Waals surface area contributed by atoms with Crippen molar-refractivity contribution in [3.05, 3.63) is 41.6 Å². The van der Waals surface area contributed by atoms with Gasteiger partial charge in [0.2, 0.25) is 0 Å². The summed E-state index contributed by atoms with van der Waals surface area (Å²) in [7, 11) is 0. The van der Waals surface area contributed by atoms with Crippen LogP contribution in [0.25, 0.3) is 22.4 Å². The molecule has 5 nitrogen and oxygen atoms in total. The van der Waals surface area contributed by atoms with Crippen LogP contribution in [0, 0.1) is 13.8 Å². The Morgan fingerprint density at radius 3 is 2.84 bits per heavy atom. The highest BCUT2D eigenvalue weighted by Gasteiger charge is 2.15. The molecule has 2 aromatic heterocycles. The second-order valence-electron chi connectivity index (χ2n) is 6.64. The predicted molar refractivity (Wildman–Crippen MR) is 95.8 cm³/mol. The van der Waals surface area contributed by atoms with E-state index in [4.69, 9.17) is 19.0 Å². The van der Waals surface area contributed by atoms with Gasteiger partial charge in [-0.25, -0.2) is 4.98 Å². The van der Waals surface area contributed by atoms with Crippen LogP contribution in [0.3, 0.4) is 0 Å². The van der Waals surface area contributed by atoms with Crippen molar-refractivity contribution < 1.29 is 14.0 Å². The molecule has 0 amide bonds. The second kappa shape index (κ2) is 6.84. The van der Waals surface area contributed by atoms with E-state index in [-0.39, 0.29) is 6.10 Å². The van der Waals surface area contributed by atoms with E-state index in [9.17, 15) is 0 Å². The molecule has 25 heavy (non-hydrogen) atoms. The Hall–Kier alpha value is -2.40. The van der Waals surface area contributed by atoms with Crippen LogP contribution in [-0.2, 0) is 4.74 Å². The summed E-state index contributed by atoms with van der Waals surface area (Å²) >= 11 is 0. The van der Waals surface area contributed by atoms with Crippen molar-refractivity contribution in [2.45, 2.75) is 39.2 Å². The molecule has 3 aromatic rings. The van der Waals surface area contributed by atoms with E-state index in [1.54, 1.807) is 0 Å². The topological polar surface area (TPSA) is 57.4 Å². The zero-order valence-electron chi connectivity index (χ0n) is 14.6. The van der Waals surface area contributed by atoms with Crippen LogP contribution in [0.5, 0.6) is 5.75 Å². The van der Waals surface area contributed by atoms with Crippen molar-refractivity contribution >= 4 is 10.9 Å². The van der Waals surface area contributed by atoms with Gasteiger partial charge >= 0.3 is 0 Å². The fourth-order valence-corrected chi connectivity index (χ4v) is 3.20. The zero-order valence-corrected chi connectivity index (χ0v) is 14.6. The number of benzene rings is 1. The van der Waals surface area contributed by atoms with Gasteiger partial charge in [-0.3, -0.25) is 0 Å². The Morgan fingerprint density at radius 2 is 2.08 bits per heavy atom. The molecule has 1 fully saturated rings. The number of ether oxygens (including phenoxy) is 2. The molecule has 0 bridgehead atoms. The van der Waals surface area contributed by atoms with Crippen molar-refractivity contribution in [1.29, 1.82) is 0 Å². The lowest BCUT2D eigenvalue weighted by atomic mass is 10.1. The van der Waals surface area contributed by atoms with Gasteiger partial charge in [-0.15, -0.1) is 0 Å². The van der Waals surface area contributed by atoms with E-state index in [1.165, 1.54) is 6.42 Å². The summed E-state index contributed by atoms with van der Waals surface area (Å²) in [5, 5.41) is 5.02. The third-order valence-corrected chi connectivity index (χ3v) is 4.58. The van der Waals surface area contributed by atoms with Crippen molar-refractivity contribution in [3.63, 3.8) is 0 Å². The lowest BCUT2D eigenvalue weighted by molar-refractivity contribution is -0.0110. The summed E-state index contributed by atoms with van der Waals surface area (Å²) < 4.78 is 17.0. The zero-order chi connectivity index (χ0) is 17.2. The van der Waals surface area contributed by atoms with Gasteiger partial charge in [0.25, 0.3) is 0 Å². The van der Waals surface area contributed by atoms with Gasteiger partial charge in [0.15, 0.2) is 5.76 Å². The molecule has 5 heteroatoms. The third-order valence-electron chi connectivity index (χ3n) is 4.58. The summed E-state index contributed by atoms with van der Waals surface area (Å²) in [6, 6.07) is 9.93. The van der Waals surface area contributed by atoms with Gasteiger partial charge in [0.1, 0.15) is 18.1 Å². The maximum atomic E-state index is 5.95. The number of rotatable bonds is 4. The average molecular weight is 338 g/mol. The Labute approximate surface area is 146 Å². The molecule has 1 unspecified atom stereocenters. The van der Waals surface area contributed by atoms with Crippen LogP contribution < -0.4 is 4.74 Å². The van der Waals surface area contributed by atoms with Gasteiger partial charge in [-0.2, -0.15) is 0 Å². The highest BCUT2D eigenvalue weighted by Crippen LogP contribution is 2.28. The minimum Gasteiger partial charge on any atom is -0.491 e. The summed E-state index contributed by atoms with van der Waals surface area (Å²) in [5.41, 5.74) is 3.71. The molecule has 0 spiro atoms. The molecule has 1 saturated heterocycles. The largest absolute Gasteiger partial charge is 0.491 e. The lowest BCUT2D eigenvalue weighted by Crippen LogP contribution is -2.25. The number of hydrogen-bond acceptors (Lipinski definition) is 5. The fourth-order valence-electron chi connectivity index (χ4n) is 3.20. The molecular formula is C20H22N2O3. The number of fused-ring (bicyclic) bond motifs is 1.